The maximum atomic E-state index is 13.0. The monoisotopic (exact) mass is 406 g/mol. The van der Waals surface area contributed by atoms with Crippen molar-refractivity contribution in [2.45, 2.75) is 13.5 Å². The Bertz CT molecular complexity index is 1440. The fourth-order valence-corrected chi connectivity index (χ4v) is 5.11. The van der Waals surface area contributed by atoms with Crippen LogP contribution < -0.4 is 11.1 Å². The summed E-state index contributed by atoms with van der Waals surface area (Å²) >= 11 is 2.84. The third-order valence-corrected chi connectivity index (χ3v) is 6.63. The van der Waals surface area contributed by atoms with E-state index in [2.05, 4.69) is 9.97 Å². The second kappa shape index (κ2) is 6.50. The summed E-state index contributed by atoms with van der Waals surface area (Å²) in [7, 11) is 0. The number of nitrogens with zero attached hydrogens (tertiary/aromatic N) is 4. The van der Waals surface area contributed by atoms with Crippen molar-refractivity contribution in [3.05, 3.63) is 86.3 Å². The van der Waals surface area contributed by atoms with Gasteiger partial charge in [0.1, 0.15) is 4.70 Å². The predicted molar refractivity (Wildman–Crippen MR) is 112 cm³/mol. The van der Waals surface area contributed by atoms with Gasteiger partial charge in [-0.1, -0.05) is 30.3 Å². The number of hydrogen-bond acceptors (Lipinski definition) is 6. The quantitative estimate of drug-likeness (QED) is 0.459. The zero-order valence-electron chi connectivity index (χ0n) is 14.8. The van der Waals surface area contributed by atoms with E-state index in [1.165, 1.54) is 39.6 Å². The van der Waals surface area contributed by atoms with Gasteiger partial charge in [0.25, 0.3) is 11.1 Å². The summed E-state index contributed by atoms with van der Waals surface area (Å²) in [6, 6.07) is 13.3. The van der Waals surface area contributed by atoms with Crippen molar-refractivity contribution in [1.82, 2.24) is 18.9 Å². The fraction of sp³-hybridized carbons (Fsp3) is 0.100. The molecule has 138 valence electrons. The highest BCUT2D eigenvalue weighted by atomic mass is 32.1. The van der Waals surface area contributed by atoms with Crippen LogP contribution >= 0.6 is 22.7 Å². The minimum absolute atomic E-state index is 0.124. The molecule has 5 rings (SSSR count). The number of aryl methyl sites for hydroxylation is 1. The molecule has 5 aromatic rings. The summed E-state index contributed by atoms with van der Waals surface area (Å²) < 4.78 is 3.68. The summed E-state index contributed by atoms with van der Waals surface area (Å²) in [6.45, 7) is 2.08. The van der Waals surface area contributed by atoms with Gasteiger partial charge in [-0.2, -0.15) is 0 Å². The Labute approximate surface area is 167 Å². The minimum atomic E-state index is -0.136. The van der Waals surface area contributed by atoms with E-state index >= 15 is 0 Å². The molecule has 6 nitrogen and oxygen atoms in total. The molecule has 0 spiro atoms. The Hall–Kier alpha value is -3.10. The first-order chi connectivity index (χ1) is 13.6. The van der Waals surface area contributed by atoms with E-state index in [1.807, 2.05) is 48.7 Å². The Kier molecular flexibility index (Phi) is 3.96. The normalized spacial score (nSPS) is 11.5. The summed E-state index contributed by atoms with van der Waals surface area (Å²) in [6.07, 6.45) is 1.52. The smallest absolute Gasteiger partial charge is 0.271 e. The van der Waals surface area contributed by atoms with Gasteiger partial charge < -0.3 is 0 Å². The summed E-state index contributed by atoms with van der Waals surface area (Å²) in [5.41, 5.74) is 2.89. The largest absolute Gasteiger partial charge is 0.292 e. The Balaban J connectivity index is 1.57. The van der Waals surface area contributed by atoms with Gasteiger partial charge in [-0.3, -0.25) is 18.6 Å². The minimum Gasteiger partial charge on any atom is -0.292 e. The molecule has 0 saturated carbocycles. The molecule has 0 atom stereocenters. The van der Waals surface area contributed by atoms with E-state index in [9.17, 15) is 9.59 Å². The first-order valence-corrected chi connectivity index (χ1v) is 10.3. The fourth-order valence-electron chi connectivity index (χ4n) is 3.16. The first-order valence-electron chi connectivity index (χ1n) is 8.61. The van der Waals surface area contributed by atoms with Crippen molar-refractivity contribution in [3.8, 4) is 10.4 Å². The van der Waals surface area contributed by atoms with Crippen molar-refractivity contribution in [3.63, 3.8) is 0 Å². The molecule has 0 unspecified atom stereocenters. The number of thiophene rings is 1. The lowest BCUT2D eigenvalue weighted by molar-refractivity contribution is 0.728. The number of thiazole rings is 1. The molecule has 0 saturated heterocycles. The number of hydrogen-bond donors (Lipinski definition) is 0. The van der Waals surface area contributed by atoms with Crippen LogP contribution in [0, 0.1) is 6.92 Å². The topological polar surface area (TPSA) is 69.3 Å². The van der Waals surface area contributed by atoms with Crippen molar-refractivity contribution in [2.75, 3.05) is 0 Å². The van der Waals surface area contributed by atoms with Crippen molar-refractivity contribution in [1.29, 1.82) is 0 Å². The highest BCUT2D eigenvalue weighted by molar-refractivity contribution is 7.22. The van der Waals surface area contributed by atoms with Crippen LogP contribution in [0.15, 0.2) is 63.8 Å². The van der Waals surface area contributed by atoms with Gasteiger partial charge in [0.15, 0.2) is 4.96 Å². The van der Waals surface area contributed by atoms with Crippen LogP contribution in [0.2, 0.25) is 0 Å². The maximum Gasteiger partial charge on any atom is 0.271 e. The maximum absolute atomic E-state index is 13.0. The molecule has 0 bridgehead atoms. The molecule has 0 fully saturated rings. The zero-order valence-corrected chi connectivity index (χ0v) is 16.5. The van der Waals surface area contributed by atoms with Gasteiger partial charge in [0.2, 0.25) is 0 Å². The molecule has 28 heavy (non-hydrogen) atoms. The molecule has 0 amide bonds. The molecule has 4 aromatic heterocycles. The Morgan fingerprint density at radius 2 is 1.93 bits per heavy atom. The second-order valence-corrected chi connectivity index (χ2v) is 8.34. The molecule has 1 aromatic carbocycles. The third-order valence-electron chi connectivity index (χ3n) is 4.52. The molecule has 0 N–H and O–H groups in total. The molecule has 0 aliphatic heterocycles. The van der Waals surface area contributed by atoms with Crippen LogP contribution in [0.3, 0.4) is 0 Å². The van der Waals surface area contributed by atoms with Crippen molar-refractivity contribution < 1.29 is 0 Å². The van der Waals surface area contributed by atoms with E-state index in [1.54, 1.807) is 4.40 Å². The van der Waals surface area contributed by atoms with Crippen LogP contribution in [0.25, 0.3) is 25.6 Å². The standard InChI is InChI=1S/C20H14N4O2S2/c1-12-10-27-20-22-14(7-17(25)24(12)20)9-23-11-21-15-8-16(28-18(15)19(23)26)13-5-3-2-4-6-13/h2-8,10-11H,9H2,1H3. The van der Waals surface area contributed by atoms with E-state index < -0.39 is 0 Å². The van der Waals surface area contributed by atoms with Gasteiger partial charge in [-0.15, -0.1) is 22.7 Å². The van der Waals surface area contributed by atoms with Crippen LogP contribution in [0.5, 0.6) is 0 Å². The van der Waals surface area contributed by atoms with Gasteiger partial charge in [-0.25, -0.2) is 9.97 Å². The van der Waals surface area contributed by atoms with E-state index in [0.717, 1.165) is 16.1 Å². The molecule has 8 heteroatoms. The summed E-state index contributed by atoms with van der Waals surface area (Å²) in [5, 5.41) is 1.89. The molecule has 4 heterocycles. The molecule has 0 aliphatic carbocycles. The lowest BCUT2D eigenvalue weighted by atomic mass is 10.2. The Morgan fingerprint density at radius 1 is 1.11 bits per heavy atom. The number of aromatic nitrogens is 4. The molecular formula is C20H14N4O2S2. The van der Waals surface area contributed by atoms with Crippen molar-refractivity contribution in [2.24, 2.45) is 0 Å². The highest BCUT2D eigenvalue weighted by Gasteiger charge is 2.12. The predicted octanol–water partition coefficient (Wildman–Crippen LogP) is 3.55. The van der Waals surface area contributed by atoms with Gasteiger partial charge in [-0.05, 0) is 18.6 Å². The lowest BCUT2D eigenvalue weighted by Gasteiger charge is -2.05. The van der Waals surface area contributed by atoms with Gasteiger partial charge >= 0.3 is 0 Å². The number of benzene rings is 1. The van der Waals surface area contributed by atoms with Crippen LogP contribution in [0.4, 0.5) is 0 Å². The third kappa shape index (κ3) is 2.78. The van der Waals surface area contributed by atoms with Crippen LogP contribution in [-0.4, -0.2) is 18.9 Å². The van der Waals surface area contributed by atoms with Crippen LogP contribution in [-0.2, 0) is 6.54 Å². The number of rotatable bonds is 3. The molecule has 0 radical (unpaired) electrons. The molecule has 0 aliphatic rings. The summed E-state index contributed by atoms with van der Waals surface area (Å²) in [4.78, 5) is 35.9. The van der Waals surface area contributed by atoms with Gasteiger partial charge in [0.05, 0.1) is 24.1 Å². The van der Waals surface area contributed by atoms with E-state index in [0.29, 0.717) is 20.9 Å². The first kappa shape index (κ1) is 17.0. The zero-order chi connectivity index (χ0) is 19.3. The van der Waals surface area contributed by atoms with E-state index in [4.69, 9.17) is 0 Å². The van der Waals surface area contributed by atoms with Crippen molar-refractivity contribution >= 4 is 37.9 Å². The summed E-state index contributed by atoms with van der Waals surface area (Å²) in [5.74, 6) is 0. The SMILES string of the molecule is Cc1csc2nc(Cn3cnc4cc(-c5ccccc5)sc4c3=O)cc(=O)n12. The second-order valence-electron chi connectivity index (χ2n) is 6.45. The average Bonchev–Trinajstić information content (AvgIpc) is 3.29. The average molecular weight is 406 g/mol. The Morgan fingerprint density at radius 3 is 2.75 bits per heavy atom. The van der Waals surface area contributed by atoms with Gasteiger partial charge in [0, 0.05) is 22.0 Å². The highest BCUT2D eigenvalue weighted by Crippen LogP contribution is 2.30. The van der Waals surface area contributed by atoms with Crippen LogP contribution in [0.1, 0.15) is 11.4 Å². The van der Waals surface area contributed by atoms with E-state index in [-0.39, 0.29) is 17.7 Å². The number of fused-ring (bicyclic) bond motifs is 2. The lowest BCUT2D eigenvalue weighted by Crippen LogP contribution is -2.22. The molecular weight excluding hydrogens is 392 g/mol.